The van der Waals surface area contributed by atoms with Crippen LogP contribution in [0.2, 0.25) is 0 Å². The lowest BCUT2D eigenvalue weighted by Gasteiger charge is -2.24. The fraction of sp³-hybridized carbons (Fsp3) is 0.417. The normalized spacial score (nSPS) is 20.6. The van der Waals surface area contributed by atoms with Crippen molar-refractivity contribution in [3.8, 4) is 0 Å². The maximum Gasteiger partial charge on any atom is 0.237 e. The van der Waals surface area contributed by atoms with Gasteiger partial charge in [-0.15, -0.1) is 0 Å². The third-order valence-electron chi connectivity index (χ3n) is 2.86. The Bertz CT molecular complexity index is 406. The SMILES string of the molecule is Cc1cc(Br)ccc1CC1NCCNC1=O. The molecule has 1 heterocycles. The molecule has 3 nitrogen and oxygen atoms in total. The van der Waals surface area contributed by atoms with Crippen molar-refractivity contribution in [1.82, 2.24) is 10.6 Å². The van der Waals surface area contributed by atoms with Crippen LogP contribution in [-0.4, -0.2) is 25.0 Å². The molecule has 1 aliphatic rings. The molecule has 0 saturated carbocycles. The monoisotopic (exact) mass is 282 g/mol. The summed E-state index contributed by atoms with van der Waals surface area (Å²) in [4.78, 5) is 11.6. The van der Waals surface area contributed by atoms with Crippen LogP contribution in [0.25, 0.3) is 0 Å². The highest BCUT2D eigenvalue weighted by molar-refractivity contribution is 9.10. The van der Waals surface area contributed by atoms with E-state index in [9.17, 15) is 4.79 Å². The Kier molecular flexibility index (Phi) is 3.61. The van der Waals surface area contributed by atoms with Crippen LogP contribution in [0.4, 0.5) is 0 Å². The summed E-state index contributed by atoms with van der Waals surface area (Å²) in [7, 11) is 0. The predicted octanol–water partition coefficient (Wildman–Crippen LogP) is 1.39. The van der Waals surface area contributed by atoms with Crippen LogP contribution in [0, 0.1) is 6.92 Å². The molecule has 0 bridgehead atoms. The summed E-state index contributed by atoms with van der Waals surface area (Å²) in [6.07, 6.45) is 0.755. The zero-order chi connectivity index (χ0) is 11.5. The Labute approximate surface area is 104 Å². The summed E-state index contributed by atoms with van der Waals surface area (Å²) >= 11 is 3.44. The molecule has 1 amide bonds. The topological polar surface area (TPSA) is 41.1 Å². The number of carbonyl (C=O) groups is 1. The second kappa shape index (κ2) is 4.97. The highest BCUT2D eigenvalue weighted by Gasteiger charge is 2.21. The number of hydrogen-bond donors (Lipinski definition) is 2. The lowest BCUT2D eigenvalue weighted by atomic mass is 10.00. The Morgan fingerprint density at radius 3 is 2.94 bits per heavy atom. The zero-order valence-electron chi connectivity index (χ0n) is 9.22. The number of benzene rings is 1. The third kappa shape index (κ3) is 2.62. The molecule has 0 radical (unpaired) electrons. The molecule has 1 saturated heterocycles. The van der Waals surface area contributed by atoms with E-state index in [0.29, 0.717) is 0 Å². The van der Waals surface area contributed by atoms with E-state index in [1.807, 2.05) is 6.07 Å². The minimum Gasteiger partial charge on any atom is -0.353 e. The Hall–Kier alpha value is -0.870. The first-order valence-electron chi connectivity index (χ1n) is 5.43. The quantitative estimate of drug-likeness (QED) is 0.861. The van der Waals surface area contributed by atoms with Gasteiger partial charge in [0.15, 0.2) is 0 Å². The van der Waals surface area contributed by atoms with Gasteiger partial charge in [-0.05, 0) is 36.6 Å². The van der Waals surface area contributed by atoms with Crippen molar-refractivity contribution in [3.63, 3.8) is 0 Å². The van der Waals surface area contributed by atoms with Crippen molar-refractivity contribution in [2.24, 2.45) is 0 Å². The maximum absolute atomic E-state index is 11.6. The van der Waals surface area contributed by atoms with Crippen LogP contribution >= 0.6 is 15.9 Å². The second-order valence-electron chi connectivity index (χ2n) is 4.07. The van der Waals surface area contributed by atoms with Gasteiger partial charge in [-0.2, -0.15) is 0 Å². The van der Waals surface area contributed by atoms with E-state index in [0.717, 1.165) is 24.0 Å². The van der Waals surface area contributed by atoms with E-state index >= 15 is 0 Å². The molecular formula is C12H15BrN2O. The molecule has 0 aliphatic carbocycles. The first kappa shape index (κ1) is 11.6. The fourth-order valence-electron chi connectivity index (χ4n) is 1.92. The molecule has 0 spiro atoms. The Balaban J connectivity index is 2.10. The number of piperazine rings is 1. The summed E-state index contributed by atoms with van der Waals surface area (Å²) in [5.74, 6) is 0.105. The Morgan fingerprint density at radius 1 is 1.44 bits per heavy atom. The molecule has 2 rings (SSSR count). The van der Waals surface area contributed by atoms with Crippen LogP contribution < -0.4 is 10.6 Å². The number of aryl methyl sites for hydroxylation is 1. The number of amides is 1. The van der Waals surface area contributed by atoms with E-state index in [-0.39, 0.29) is 11.9 Å². The van der Waals surface area contributed by atoms with E-state index in [4.69, 9.17) is 0 Å². The average Bonchev–Trinajstić information content (AvgIpc) is 2.25. The zero-order valence-corrected chi connectivity index (χ0v) is 10.8. The minimum absolute atomic E-state index is 0.0892. The first-order valence-corrected chi connectivity index (χ1v) is 6.22. The van der Waals surface area contributed by atoms with Crippen molar-refractivity contribution in [2.45, 2.75) is 19.4 Å². The number of carbonyl (C=O) groups excluding carboxylic acids is 1. The standard InChI is InChI=1S/C12H15BrN2O/c1-8-6-10(13)3-2-9(8)7-11-12(16)15-5-4-14-11/h2-3,6,11,14H,4-5,7H2,1H3,(H,15,16). The number of nitrogens with one attached hydrogen (secondary N) is 2. The van der Waals surface area contributed by atoms with E-state index in [2.05, 4.69) is 45.6 Å². The number of rotatable bonds is 2. The lowest BCUT2D eigenvalue weighted by Crippen LogP contribution is -2.53. The Morgan fingerprint density at radius 2 is 2.25 bits per heavy atom. The molecular weight excluding hydrogens is 268 g/mol. The van der Waals surface area contributed by atoms with Gasteiger partial charge in [0.25, 0.3) is 0 Å². The molecule has 1 aromatic rings. The van der Waals surface area contributed by atoms with Crippen molar-refractivity contribution < 1.29 is 4.79 Å². The van der Waals surface area contributed by atoms with E-state index in [1.54, 1.807) is 0 Å². The van der Waals surface area contributed by atoms with Crippen molar-refractivity contribution >= 4 is 21.8 Å². The van der Waals surface area contributed by atoms with Gasteiger partial charge in [0, 0.05) is 17.6 Å². The van der Waals surface area contributed by atoms with Gasteiger partial charge >= 0.3 is 0 Å². The van der Waals surface area contributed by atoms with Gasteiger partial charge in [-0.3, -0.25) is 4.79 Å². The van der Waals surface area contributed by atoms with Crippen molar-refractivity contribution in [2.75, 3.05) is 13.1 Å². The summed E-state index contributed by atoms with van der Waals surface area (Å²) in [5, 5.41) is 6.11. The molecule has 16 heavy (non-hydrogen) atoms. The number of hydrogen-bond acceptors (Lipinski definition) is 2. The summed E-state index contributed by atoms with van der Waals surface area (Å²) in [6, 6.07) is 6.08. The van der Waals surface area contributed by atoms with Gasteiger partial charge in [0.1, 0.15) is 0 Å². The molecule has 1 atom stereocenters. The average molecular weight is 283 g/mol. The highest BCUT2D eigenvalue weighted by Crippen LogP contribution is 2.17. The summed E-state index contributed by atoms with van der Waals surface area (Å²) < 4.78 is 1.08. The fourth-order valence-corrected chi connectivity index (χ4v) is 2.40. The van der Waals surface area contributed by atoms with Crippen LogP contribution in [0.1, 0.15) is 11.1 Å². The molecule has 1 fully saturated rings. The van der Waals surface area contributed by atoms with Gasteiger partial charge in [-0.1, -0.05) is 22.0 Å². The summed E-state index contributed by atoms with van der Waals surface area (Å²) in [5.41, 5.74) is 2.44. The molecule has 2 N–H and O–H groups in total. The molecule has 1 aliphatic heterocycles. The second-order valence-corrected chi connectivity index (χ2v) is 4.99. The maximum atomic E-state index is 11.6. The van der Waals surface area contributed by atoms with E-state index in [1.165, 1.54) is 11.1 Å². The van der Waals surface area contributed by atoms with Gasteiger partial charge in [-0.25, -0.2) is 0 Å². The van der Waals surface area contributed by atoms with Crippen molar-refractivity contribution in [3.05, 3.63) is 33.8 Å². The van der Waals surface area contributed by atoms with Crippen molar-refractivity contribution in [1.29, 1.82) is 0 Å². The van der Waals surface area contributed by atoms with Gasteiger partial charge in [0.2, 0.25) is 5.91 Å². The third-order valence-corrected chi connectivity index (χ3v) is 3.35. The highest BCUT2D eigenvalue weighted by atomic mass is 79.9. The molecule has 0 aromatic heterocycles. The van der Waals surface area contributed by atoms with Crippen LogP contribution in [0.5, 0.6) is 0 Å². The lowest BCUT2D eigenvalue weighted by molar-refractivity contribution is -0.124. The minimum atomic E-state index is -0.0892. The molecule has 1 unspecified atom stereocenters. The van der Waals surface area contributed by atoms with Crippen LogP contribution in [0.15, 0.2) is 22.7 Å². The first-order chi connectivity index (χ1) is 7.66. The van der Waals surface area contributed by atoms with Crippen LogP contribution in [-0.2, 0) is 11.2 Å². The molecule has 86 valence electrons. The van der Waals surface area contributed by atoms with Gasteiger partial charge in [0.05, 0.1) is 6.04 Å². The van der Waals surface area contributed by atoms with Gasteiger partial charge < -0.3 is 10.6 Å². The van der Waals surface area contributed by atoms with Crippen LogP contribution in [0.3, 0.4) is 0 Å². The largest absolute Gasteiger partial charge is 0.353 e. The molecule has 1 aromatic carbocycles. The number of halogens is 1. The molecule has 4 heteroatoms. The van der Waals surface area contributed by atoms with E-state index < -0.39 is 0 Å². The summed E-state index contributed by atoms with van der Waals surface area (Å²) in [6.45, 7) is 3.65. The smallest absolute Gasteiger partial charge is 0.237 e. The predicted molar refractivity (Wildman–Crippen MR) is 67.4 cm³/mol.